The second-order valence-corrected chi connectivity index (χ2v) is 3.61. The van der Waals surface area contributed by atoms with Gasteiger partial charge in [-0.15, -0.1) is 6.42 Å². The molecular formula is C8H11F3N2OS. The van der Waals surface area contributed by atoms with Crippen LogP contribution in [0.4, 0.5) is 13.2 Å². The van der Waals surface area contributed by atoms with Crippen molar-refractivity contribution < 1.29 is 18.0 Å². The van der Waals surface area contributed by atoms with Gasteiger partial charge in [0.1, 0.15) is 0 Å². The number of thioether (sulfide) groups is 1. The largest absolute Gasteiger partial charge is 0.441 e. The molecule has 15 heavy (non-hydrogen) atoms. The van der Waals surface area contributed by atoms with Crippen LogP contribution >= 0.6 is 11.8 Å². The molecule has 0 radical (unpaired) electrons. The van der Waals surface area contributed by atoms with E-state index in [1.807, 2.05) is 0 Å². The van der Waals surface area contributed by atoms with Crippen molar-refractivity contribution in [3.63, 3.8) is 0 Å². The number of amides is 1. The van der Waals surface area contributed by atoms with Gasteiger partial charge in [-0.3, -0.25) is 10.1 Å². The van der Waals surface area contributed by atoms with E-state index in [0.717, 1.165) is 0 Å². The third-order valence-corrected chi connectivity index (χ3v) is 1.94. The van der Waals surface area contributed by atoms with Gasteiger partial charge in [0.05, 0.1) is 13.1 Å². The highest BCUT2D eigenvalue weighted by molar-refractivity contribution is 8.00. The van der Waals surface area contributed by atoms with Gasteiger partial charge in [-0.2, -0.15) is 13.2 Å². The van der Waals surface area contributed by atoms with Crippen molar-refractivity contribution in [1.82, 2.24) is 10.6 Å². The predicted molar refractivity (Wildman–Crippen MR) is 53.2 cm³/mol. The maximum Gasteiger partial charge on any atom is 0.441 e. The average molecular weight is 240 g/mol. The molecule has 0 aromatic heterocycles. The van der Waals surface area contributed by atoms with Crippen LogP contribution in [0.3, 0.4) is 0 Å². The van der Waals surface area contributed by atoms with Crippen molar-refractivity contribution in [2.45, 2.75) is 5.51 Å². The Labute approximate surface area is 90.2 Å². The highest BCUT2D eigenvalue weighted by Crippen LogP contribution is 2.29. The molecule has 86 valence electrons. The van der Waals surface area contributed by atoms with Crippen LogP contribution in [-0.4, -0.2) is 36.8 Å². The Balaban J connectivity index is 3.36. The Morgan fingerprint density at radius 1 is 1.47 bits per heavy atom. The number of carbonyl (C=O) groups excluding carboxylic acids is 1. The van der Waals surface area contributed by atoms with E-state index in [9.17, 15) is 18.0 Å². The first-order valence-electron chi connectivity index (χ1n) is 4.07. The van der Waals surface area contributed by atoms with Gasteiger partial charge in [0, 0.05) is 12.3 Å². The molecule has 0 aromatic rings. The minimum Gasteiger partial charge on any atom is -0.354 e. The van der Waals surface area contributed by atoms with Gasteiger partial charge in [-0.05, 0) is 11.8 Å². The third-order valence-electron chi connectivity index (χ3n) is 1.20. The van der Waals surface area contributed by atoms with Crippen LogP contribution in [-0.2, 0) is 4.79 Å². The summed E-state index contributed by atoms with van der Waals surface area (Å²) < 4.78 is 34.9. The average Bonchev–Trinajstić information content (AvgIpc) is 2.11. The number of alkyl halides is 3. The molecule has 0 aromatic carbocycles. The molecule has 0 atom stereocenters. The van der Waals surface area contributed by atoms with E-state index in [0.29, 0.717) is 0 Å². The molecule has 7 heteroatoms. The second kappa shape index (κ2) is 7.43. The molecule has 0 aliphatic carbocycles. The topological polar surface area (TPSA) is 41.1 Å². The molecule has 0 saturated carbocycles. The summed E-state index contributed by atoms with van der Waals surface area (Å²) in [5.74, 6) is 1.71. The van der Waals surface area contributed by atoms with Crippen molar-refractivity contribution in [2.75, 3.05) is 25.4 Å². The van der Waals surface area contributed by atoms with Crippen LogP contribution in [0, 0.1) is 12.3 Å². The molecule has 0 aliphatic rings. The van der Waals surface area contributed by atoms with Gasteiger partial charge in [0.25, 0.3) is 0 Å². The molecule has 0 rings (SSSR count). The highest BCUT2D eigenvalue weighted by atomic mass is 32.2. The zero-order valence-electron chi connectivity index (χ0n) is 7.86. The number of nitrogens with one attached hydrogen (secondary N) is 2. The zero-order valence-corrected chi connectivity index (χ0v) is 8.67. The lowest BCUT2D eigenvalue weighted by atomic mass is 10.5. The Morgan fingerprint density at radius 2 is 2.13 bits per heavy atom. The number of hydrogen-bond acceptors (Lipinski definition) is 3. The second-order valence-electron chi connectivity index (χ2n) is 2.45. The van der Waals surface area contributed by atoms with Crippen LogP contribution in [0.2, 0.25) is 0 Å². The van der Waals surface area contributed by atoms with Gasteiger partial charge in [0.15, 0.2) is 0 Å². The van der Waals surface area contributed by atoms with E-state index in [2.05, 4.69) is 16.6 Å². The van der Waals surface area contributed by atoms with Crippen molar-refractivity contribution in [2.24, 2.45) is 0 Å². The van der Waals surface area contributed by atoms with Crippen LogP contribution in [0.5, 0.6) is 0 Å². The van der Waals surface area contributed by atoms with E-state index in [4.69, 9.17) is 6.42 Å². The smallest absolute Gasteiger partial charge is 0.354 e. The van der Waals surface area contributed by atoms with Crippen LogP contribution in [0.15, 0.2) is 0 Å². The number of rotatable bonds is 6. The first-order chi connectivity index (χ1) is 6.95. The summed E-state index contributed by atoms with van der Waals surface area (Å²) in [5.41, 5.74) is -4.24. The fourth-order valence-corrected chi connectivity index (χ4v) is 1.10. The fraction of sp³-hybridized carbons (Fsp3) is 0.625. The molecule has 0 aliphatic heterocycles. The molecule has 0 unspecified atom stereocenters. The molecule has 2 N–H and O–H groups in total. The van der Waals surface area contributed by atoms with Gasteiger partial charge < -0.3 is 5.32 Å². The molecular weight excluding hydrogens is 229 g/mol. The minimum atomic E-state index is -4.24. The Hall–Kier alpha value is -0.870. The Morgan fingerprint density at radius 3 is 2.67 bits per heavy atom. The first-order valence-corrected chi connectivity index (χ1v) is 5.06. The molecule has 3 nitrogen and oxygen atoms in total. The standard InChI is InChI=1S/C8H11F3N2OS/c1-2-3-12-6-7(14)13-4-5-15-8(9,10)11/h1,12H,3-6H2,(H,13,14). The van der Waals surface area contributed by atoms with E-state index in [1.165, 1.54) is 0 Å². The summed E-state index contributed by atoms with van der Waals surface area (Å²) >= 11 is -0.164. The van der Waals surface area contributed by atoms with Crippen LogP contribution in [0.25, 0.3) is 0 Å². The molecule has 1 amide bonds. The van der Waals surface area contributed by atoms with Gasteiger partial charge in [-0.1, -0.05) is 5.92 Å². The van der Waals surface area contributed by atoms with Crippen molar-refractivity contribution in [1.29, 1.82) is 0 Å². The van der Waals surface area contributed by atoms with Crippen LogP contribution < -0.4 is 10.6 Å². The first kappa shape index (κ1) is 14.1. The lowest BCUT2D eigenvalue weighted by Gasteiger charge is -2.06. The van der Waals surface area contributed by atoms with Gasteiger partial charge in [0.2, 0.25) is 5.91 Å². The monoisotopic (exact) mass is 240 g/mol. The zero-order chi connectivity index (χ0) is 11.7. The molecule has 0 saturated heterocycles. The van der Waals surface area contributed by atoms with E-state index >= 15 is 0 Å². The third kappa shape index (κ3) is 11.1. The van der Waals surface area contributed by atoms with Crippen molar-refractivity contribution in [3.8, 4) is 12.3 Å². The highest BCUT2D eigenvalue weighted by Gasteiger charge is 2.27. The maximum absolute atomic E-state index is 11.6. The van der Waals surface area contributed by atoms with E-state index in [-0.39, 0.29) is 43.1 Å². The van der Waals surface area contributed by atoms with Crippen molar-refractivity contribution in [3.05, 3.63) is 0 Å². The summed E-state index contributed by atoms with van der Waals surface area (Å²) in [7, 11) is 0. The number of halogens is 3. The number of carbonyl (C=O) groups is 1. The SMILES string of the molecule is C#CCNCC(=O)NCCSC(F)(F)F. The summed E-state index contributed by atoms with van der Waals surface area (Å²) in [6.45, 7) is 0.256. The molecule has 0 spiro atoms. The quantitative estimate of drug-likeness (QED) is 0.527. The van der Waals surface area contributed by atoms with Gasteiger partial charge in [-0.25, -0.2) is 0 Å². The Bertz CT molecular complexity index is 237. The summed E-state index contributed by atoms with van der Waals surface area (Å²) in [4.78, 5) is 10.9. The van der Waals surface area contributed by atoms with Crippen LogP contribution in [0.1, 0.15) is 0 Å². The predicted octanol–water partition coefficient (Wildman–Crippen LogP) is 0.578. The van der Waals surface area contributed by atoms with E-state index < -0.39 is 5.51 Å². The lowest BCUT2D eigenvalue weighted by Crippen LogP contribution is -2.35. The van der Waals surface area contributed by atoms with Crippen molar-refractivity contribution >= 4 is 17.7 Å². The maximum atomic E-state index is 11.6. The number of hydrogen-bond donors (Lipinski definition) is 2. The van der Waals surface area contributed by atoms with E-state index in [1.54, 1.807) is 0 Å². The lowest BCUT2D eigenvalue weighted by molar-refractivity contribution is -0.120. The summed E-state index contributed by atoms with van der Waals surface area (Å²) in [6.07, 6.45) is 4.91. The number of terminal acetylenes is 1. The Kier molecular flexibility index (Phi) is 6.99. The fourth-order valence-electron chi connectivity index (χ4n) is 0.668. The van der Waals surface area contributed by atoms with Gasteiger partial charge >= 0.3 is 5.51 Å². The summed E-state index contributed by atoms with van der Waals surface area (Å²) in [5, 5.41) is 4.94. The molecule has 0 bridgehead atoms. The normalized spacial score (nSPS) is 10.8. The summed E-state index contributed by atoms with van der Waals surface area (Å²) in [6, 6.07) is 0. The molecule has 0 fully saturated rings. The minimum absolute atomic E-state index is 0.0132. The molecule has 0 heterocycles.